The van der Waals surface area contributed by atoms with E-state index < -0.39 is 11.7 Å². The number of hydrogen-bond donors (Lipinski definition) is 1. The minimum absolute atomic E-state index is 0.367. The van der Waals surface area contributed by atoms with Crippen LogP contribution in [-0.4, -0.2) is 4.98 Å². The topological polar surface area (TPSA) is 25.0 Å². The Balaban J connectivity index is 1.90. The van der Waals surface area contributed by atoms with E-state index in [1.54, 1.807) is 12.3 Å². The normalized spacial score (nSPS) is 11.8. The van der Waals surface area contributed by atoms with Crippen molar-refractivity contribution in [2.75, 3.05) is 0 Å². The monoisotopic (exact) mass is 277 g/mol. The molecule has 0 aliphatic carbocycles. The van der Waals surface area contributed by atoms with Crippen molar-refractivity contribution in [2.45, 2.75) is 6.18 Å². The molecule has 0 spiro atoms. The molecule has 0 radical (unpaired) electrons. The fraction of sp³-hybridized carbons (Fsp3) is 0.0667. The molecule has 0 amide bonds. The van der Waals surface area contributed by atoms with E-state index in [4.69, 9.17) is 4.74 Å². The number of aromatic nitrogens is 1. The van der Waals surface area contributed by atoms with Gasteiger partial charge in [0.2, 0.25) is 0 Å². The highest BCUT2D eigenvalue weighted by atomic mass is 19.4. The van der Waals surface area contributed by atoms with Gasteiger partial charge in [0.05, 0.1) is 5.56 Å². The van der Waals surface area contributed by atoms with Crippen molar-refractivity contribution in [3.05, 3.63) is 60.3 Å². The van der Waals surface area contributed by atoms with Gasteiger partial charge in [-0.25, -0.2) is 0 Å². The lowest BCUT2D eigenvalue weighted by Gasteiger charge is -2.09. The van der Waals surface area contributed by atoms with Crippen LogP contribution in [0.1, 0.15) is 5.56 Å². The van der Waals surface area contributed by atoms with Crippen LogP contribution in [0.15, 0.2) is 54.7 Å². The highest BCUT2D eigenvalue weighted by molar-refractivity contribution is 5.85. The van der Waals surface area contributed by atoms with Crippen LogP contribution in [0.5, 0.6) is 11.5 Å². The van der Waals surface area contributed by atoms with Crippen molar-refractivity contribution in [1.29, 1.82) is 0 Å². The van der Waals surface area contributed by atoms with Gasteiger partial charge >= 0.3 is 6.18 Å². The predicted molar refractivity (Wildman–Crippen MR) is 69.8 cm³/mol. The Kier molecular flexibility index (Phi) is 2.89. The third-order valence-electron chi connectivity index (χ3n) is 2.96. The van der Waals surface area contributed by atoms with Crippen molar-refractivity contribution in [1.82, 2.24) is 4.98 Å². The van der Waals surface area contributed by atoms with Crippen LogP contribution in [0.3, 0.4) is 0 Å². The van der Waals surface area contributed by atoms with Crippen molar-refractivity contribution >= 4 is 10.9 Å². The summed E-state index contributed by atoms with van der Waals surface area (Å²) in [5.41, 5.74) is 0.221. The van der Waals surface area contributed by atoms with Gasteiger partial charge in [-0.3, -0.25) is 0 Å². The summed E-state index contributed by atoms with van der Waals surface area (Å²) in [5.74, 6) is 0.968. The van der Waals surface area contributed by atoms with E-state index in [-0.39, 0.29) is 0 Å². The minimum Gasteiger partial charge on any atom is -0.457 e. The fourth-order valence-electron chi connectivity index (χ4n) is 1.98. The minimum atomic E-state index is -4.33. The number of hydrogen-bond acceptors (Lipinski definition) is 1. The first kappa shape index (κ1) is 12.6. The van der Waals surface area contributed by atoms with Crippen LogP contribution in [0.4, 0.5) is 13.2 Å². The number of benzene rings is 2. The maximum absolute atomic E-state index is 12.5. The van der Waals surface area contributed by atoms with Crippen LogP contribution >= 0.6 is 0 Å². The molecule has 3 aromatic rings. The van der Waals surface area contributed by atoms with Gasteiger partial charge in [-0.2, -0.15) is 13.2 Å². The van der Waals surface area contributed by atoms with Gasteiger partial charge < -0.3 is 9.72 Å². The van der Waals surface area contributed by atoms with Crippen LogP contribution in [0.2, 0.25) is 0 Å². The van der Waals surface area contributed by atoms with Crippen LogP contribution < -0.4 is 4.74 Å². The number of alkyl halides is 3. The fourth-order valence-corrected chi connectivity index (χ4v) is 1.98. The summed E-state index contributed by atoms with van der Waals surface area (Å²) in [5, 5.41) is 0.882. The van der Waals surface area contributed by atoms with E-state index in [1.165, 1.54) is 12.1 Å². The highest BCUT2D eigenvalue weighted by Crippen LogP contribution is 2.33. The van der Waals surface area contributed by atoms with E-state index in [9.17, 15) is 13.2 Å². The zero-order chi connectivity index (χ0) is 14.2. The van der Waals surface area contributed by atoms with Crippen molar-refractivity contribution in [2.24, 2.45) is 0 Å². The lowest BCUT2D eigenvalue weighted by molar-refractivity contribution is -0.137. The molecule has 2 nitrogen and oxygen atoms in total. The maximum Gasteiger partial charge on any atom is 0.416 e. The Morgan fingerprint density at radius 2 is 1.65 bits per heavy atom. The zero-order valence-electron chi connectivity index (χ0n) is 10.2. The molecule has 0 fully saturated rings. The van der Waals surface area contributed by atoms with E-state index >= 15 is 0 Å². The summed E-state index contributed by atoms with van der Waals surface area (Å²) < 4.78 is 43.0. The van der Waals surface area contributed by atoms with Crippen LogP contribution in [0, 0.1) is 0 Å². The van der Waals surface area contributed by atoms with Gasteiger partial charge in [-0.05, 0) is 42.5 Å². The molecular weight excluding hydrogens is 267 g/mol. The van der Waals surface area contributed by atoms with Gasteiger partial charge in [-0.1, -0.05) is 6.07 Å². The quantitative estimate of drug-likeness (QED) is 0.702. The first-order valence-electron chi connectivity index (χ1n) is 5.95. The first-order valence-corrected chi connectivity index (χ1v) is 5.95. The third-order valence-corrected chi connectivity index (χ3v) is 2.96. The average molecular weight is 277 g/mol. The molecule has 0 bridgehead atoms. The molecule has 2 aromatic carbocycles. The Labute approximate surface area is 112 Å². The zero-order valence-corrected chi connectivity index (χ0v) is 10.2. The molecule has 0 unspecified atom stereocenters. The van der Waals surface area contributed by atoms with Gasteiger partial charge in [0.15, 0.2) is 0 Å². The second kappa shape index (κ2) is 4.59. The Bertz CT molecular complexity index is 729. The second-order valence-corrected chi connectivity index (χ2v) is 4.32. The molecule has 1 N–H and O–H groups in total. The molecule has 1 heterocycles. The standard InChI is InChI=1S/C15H10F3NO/c16-15(17,18)10-4-6-11(7-5-10)20-14-3-1-2-13-12(14)8-9-19-13/h1-9,19H. The molecular formula is C15H10F3NO. The Morgan fingerprint density at radius 1 is 0.900 bits per heavy atom. The largest absolute Gasteiger partial charge is 0.457 e. The number of H-pyrrole nitrogens is 1. The Morgan fingerprint density at radius 3 is 2.35 bits per heavy atom. The maximum atomic E-state index is 12.5. The predicted octanol–water partition coefficient (Wildman–Crippen LogP) is 4.98. The lowest BCUT2D eigenvalue weighted by atomic mass is 10.2. The number of halogens is 3. The van der Waals surface area contributed by atoms with Crippen LogP contribution in [-0.2, 0) is 6.18 Å². The summed E-state index contributed by atoms with van der Waals surface area (Å²) in [6.45, 7) is 0. The number of aromatic amines is 1. The molecule has 0 saturated heterocycles. The molecule has 0 saturated carbocycles. The number of rotatable bonds is 2. The van der Waals surface area contributed by atoms with E-state index in [0.717, 1.165) is 23.0 Å². The highest BCUT2D eigenvalue weighted by Gasteiger charge is 2.30. The summed E-state index contributed by atoms with van der Waals surface area (Å²) >= 11 is 0. The van der Waals surface area contributed by atoms with Gasteiger partial charge in [0.1, 0.15) is 11.5 Å². The summed E-state index contributed by atoms with van der Waals surface area (Å²) in [6.07, 6.45) is -2.55. The third kappa shape index (κ3) is 2.34. The molecule has 102 valence electrons. The Hall–Kier alpha value is -2.43. The molecule has 20 heavy (non-hydrogen) atoms. The molecule has 1 aromatic heterocycles. The SMILES string of the molecule is FC(F)(F)c1ccc(Oc2cccc3[nH]ccc23)cc1. The van der Waals surface area contributed by atoms with E-state index in [0.29, 0.717) is 11.5 Å². The molecule has 5 heteroatoms. The lowest BCUT2D eigenvalue weighted by Crippen LogP contribution is -2.03. The van der Waals surface area contributed by atoms with Crippen molar-refractivity contribution in [3.8, 4) is 11.5 Å². The van der Waals surface area contributed by atoms with E-state index in [2.05, 4.69) is 4.98 Å². The van der Waals surface area contributed by atoms with Gasteiger partial charge in [0.25, 0.3) is 0 Å². The smallest absolute Gasteiger partial charge is 0.416 e. The molecule has 0 aliphatic rings. The number of nitrogens with one attached hydrogen (secondary N) is 1. The number of fused-ring (bicyclic) bond motifs is 1. The summed E-state index contributed by atoms with van der Waals surface area (Å²) in [4.78, 5) is 3.05. The molecule has 0 aliphatic heterocycles. The molecule has 3 rings (SSSR count). The first-order chi connectivity index (χ1) is 9.54. The summed E-state index contributed by atoms with van der Waals surface area (Å²) in [6, 6.07) is 12.0. The summed E-state index contributed by atoms with van der Waals surface area (Å²) in [7, 11) is 0. The second-order valence-electron chi connectivity index (χ2n) is 4.32. The van der Waals surface area contributed by atoms with Gasteiger partial charge in [-0.15, -0.1) is 0 Å². The number of ether oxygens (including phenoxy) is 1. The van der Waals surface area contributed by atoms with E-state index in [1.807, 2.05) is 18.2 Å². The van der Waals surface area contributed by atoms with Gasteiger partial charge in [0, 0.05) is 17.1 Å². The average Bonchev–Trinajstić information content (AvgIpc) is 2.88. The molecule has 0 atom stereocenters. The van der Waals surface area contributed by atoms with Crippen molar-refractivity contribution < 1.29 is 17.9 Å². The van der Waals surface area contributed by atoms with Crippen molar-refractivity contribution in [3.63, 3.8) is 0 Å². The van der Waals surface area contributed by atoms with Crippen LogP contribution in [0.25, 0.3) is 10.9 Å².